The molecule has 0 heterocycles. The highest BCUT2D eigenvalue weighted by Gasteiger charge is 2.47. The zero-order valence-electron chi connectivity index (χ0n) is 21.2. The van der Waals surface area contributed by atoms with Crippen LogP contribution in [-0.2, 0) is 18.3 Å². The molecule has 36 heavy (non-hydrogen) atoms. The van der Waals surface area contributed by atoms with Crippen LogP contribution < -0.4 is 0 Å². The zero-order chi connectivity index (χ0) is 24.4. The second-order valence-electron chi connectivity index (χ2n) is 10.6. The van der Waals surface area contributed by atoms with Crippen molar-refractivity contribution in [2.75, 3.05) is 0 Å². The van der Waals surface area contributed by atoms with Crippen LogP contribution in [0.1, 0.15) is 57.0 Å². The molecule has 0 nitrogen and oxygen atoms in total. The van der Waals surface area contributed by atoms with Gasteiger partial charge >= 0.3 is 0 Å². The molecule has 0 saturated carbocycles. The van der Waals surface area contributed by atoms with Crippen molar-refractivity contribution in [2.45, 2.75) is 39.0 Å². The summed E-state index contributed by atoms with van der Waals surface area (Å²) in [5.41, 5.74) is 17.6. The van der Waals surface area contributed by atoms with Crippen molar-refractivity contribution < 1.29 is 0 Å². The average molecular weight is 463 g/mol. The van der Waals surface area contributed by atoms with E-state index in [1.54, 1.807) is 0 Å². The molecule has 0 N–H and O–H groups in total. The highest BCUT2D eigenvalue weighted by atomic mass is 14.5. The number of hydrogen-bond acceptors (Lipinski definition) is 0. The van der Waals surface area contributed by atoms with Crippen molar-refractivity contribution in [2.24, 2.45) is 0 Å². The molecule has 7 rings (SSSR count). The van der Waals surface area contributed by atoms with E-state index in [4.69, 9.17) is 0 Å². The topological polar surface area (TPSA) is 0 Å². The van der Waals surface area contributed by atoms with Gasteiger partial charge in [-0.2, -0.15) is 0 Å². The van der Waals surface area contributed by atoms with E-state index in [0.29, 0.717) is 0 Å². The predicted molar refractivity (Wildman–Crippen MR) is 151 cm³/mol. The van der Waals surface area contributed by atoms with Crippen molar-refractivity contribution >= 4 is 0 Å². The van der Waals surface area contributed by atoms with Gasteiger partial charge in [-0.05, 0) is 100 Å². The molecule has 2 aliphatic rings. The van der Waals surface area contributed by atoms with E-state index in [2.05, 4.69) is 124 Å². The number of aryl methyl sites for hydroxylation is 3. The molecule has 1 unspecified atom stereocenters. The zero-order valence-corrected chi connectivity index (χ0v) is 21.2. The number of benzene rings is 5. The molecule has 1 atom stereocenters. The van der Waals surface area contributed by atoms with Crippen molar-refractivity contribution in [1.29, 1.82) is 0 Å². The van der Waals surface area contributed by atoms with Crippen molar-refractivity contribution in [3.8, 4) is 22.3 Å². The van der Waals surface area contributed by atoms with Crippen LogP contribution in [0.5, 0.6) is 0 Å². The molecule has 0 radical (unpaired) electrons. The van der Waals surface area contributed by atoms with Gasteiger partial charge in [0.1, 0.15) is 0 Å². The van der Waals surface area contributed by atoms with Gasteiger partial charge in [0.05, 0.1) is 5.41 Å². The summed E-state index contributed by atoms with van der Waals surface area (Å²) >= 11 is 0. The minimum atomic E-state index is -0.341. The smallest absolute Gasteiger partial charge is 0.0622 e. The normalized spacial score (nSPS) is 16.9. The second-order valence-corrected chi connectivity index (χ2v) is 10.6. The third kappa shape index (κ3) is 2.88. The van der Waals surface area contributed by atoms with E-state index in [9.17, 15) is 0 Å². The molecular weight excluding hydrogens is 432 g/mol. The van der Waals surface area contributed by atoms with E-state index in [1.807, 2.05) is 0 Å². The molecule has 0 spiro atoms. The first-order valence-electron chi connectivity index (χ1n) is 13.1. The Morgan fingerprint density at radius 2 is 1.19 bits per heavy atom. The Bertz CT molecular complexity index is 1640. The van der Waals surface area contributed by atoms with Crippen LogP contribution in [0.15, 0.2) is 103 Å². The Kier molecular flexibility index (Phi) is 4.63. The summed E-state index contributed by atoms with van der Waals surface area (Å²) in [5.74, 6) is 0. The summed E-state index contributed by atoms with van der Waals surface area (Å²) in [6, 6.07) is 39.6. The Hall–Kier alpha value is -3.90. The second kappa shape index (κ2) is 7.80. The van der Waals surface area contributed by atoms with Gasteiger partial charge in [0.2, 0.25) is 0 Å². The summed E-state index contributed by atoms with van der Waals surface area (Å²) in [6.45, 7) is 6.65. The fourth-order valence-electron chi connectivity index (χ4n) is 6.73. The van der Waals surface area contributed by atoms with Crippen LogP contribution in [-0.4, -0.2) is 0 Å². The molecule has 0 fully saturated rings. The molecule has 174 valence electrons. The monoisotopic (exact) mass is 462 g/mol. The quantitative estimate of drug-likeness (QED) is 0.246. The van der Waals surface area contributed by atoms with Gasteiger partial charge in [-0.3, -0.25) is 0 Å². The highest BCUT2D eigenvalue weighted by Crippen LogP contribution is 2.58. The predicted octanol–water partition coefficient (Wildman–Crippen LogP) is 8.80. The summed E-state index contributed by atoms with van der Waals surface area (Å²) in [6.07, 6.45) is 2.07. The van der Waals surface area contributed by atoms with Crippen LogP contribution in [0.2, 0.25) is 0 Å². The van der Waals surface area contributed by atoms with Crippen molar-refractivity contribution in [3.63, 3.8) is 0 Å². The van der Waals surface area contributed by atoms with Gasteiger partial charge in [0.25, 0.3) is 0 Å². The van der Waals surface area contributed by atoms with E-state index in [0.717, 1.165) is 12.8 Å². The minimum Gasteiger partial charge on any atom is -0.0622 e. The van der Waals surface area contributed by atoms with Crippen LogP contribution >= 0.6 is 0 Å². The Balaban J connectivity index is 1.60. The van der Waals surface area contributed by atoms with E-state index >= 15 is 0 Å². The fourth-order valence-corrected chi connectivity index (χ4v) is 6.73. The lowest BCUT2D eigenvalue weighted by Gasteiger charge is -2.34. The summed E-state index contributed by atoms with van der Waals surface area (Å²) < 4.78 is 0. The SMILES string of the molecule is CCc1ccc(C2(c3ccccc3)c3cc(C)ccc3-c3cc4c(cc32)-c2ccc(C)cc2C4)cc1. The molecule has 0 aliphatic heterocycles. The summed E-state index contributed by atoms with van der Waals surface area (Å²) in [4.78, 5) is 0. The molecule has 0 heteroatoms. The lowest BCUT2D eigenvalue weighted by atomic mass is 9.67. The van der Waals surface area contributed by atoms with Gasteiger partial charge in [-0.25, -0.2) is 0 Å². The lowest BCUT2D eigenvalue weighted by Crippen LogP contribution is -2.28. The van der Waals surface area contributed by atoms with Crippen LogP contribution in [0.4, 0.5) is 0 Å². The average Bonchev–Trinajstić information content (AvgIpc) is 3.39. The molecule has 0 bridgehead atoms. The molecule has 5 aromatic rings. The highest BCUT2D eigenvalue weighted by molar-refractivity contribution is 5.91. The number of rotatable bonds is 3. The number of fused-ring (bicyclic) bond motifs is 6. The number of hydrogen-bond donors (Lipinski definition) is 0. The standard InChI is InChI=1S/C36H30/c1-4-25-12-14-29(15-13-25)36(28-8-6-5-7-9-28)34-19-24(3)11-17-31(34)33-21-27-20-26-18-23(2)10-16-30(26)32(27)22-35(33)36/h5-19,21-22H,4,20H2,1-3H3. The molecular formula is C36H30. The van der Waals surface area contributed by atoms with Crippen molar-refractivity contribution in [1.82, 2.24) is 0 Å². The molecule has 0 saturated heterocycles. The first-order valence-corrected chi connectivity index (χ1v) is 13.1. The van der Waals surface area contributed by atoms with Gasteiger partial charge in [-0.1, -0.05) is 109 Å². The molecule has 0 aromatic heterocycles. The summed E-state index contributed by atoms with van der Waals surface area (Å²) in [5, 5.41) is 0. The first kappa shape index (κ1) is 21.4. The largest absolute Gasteiger partial charge is 0.0713 e. The lowest BCUT2D eigenvalue weighted by molar-refractivity contribution is 0.766. The van der Waals surface area contributed by atoms with E-state index < -0.39 is 0 Å². The molecule has 0 amide bonds. The van der Waals surface area contributed by atoms with Gasteiger partial charge < -0.3 is 0 Å². The van der Waals surface area contributed by atoms with Gasteiger partial charge in [0.15, 0.2) is 0 Å². The minimum absolute atomic E-state index is 0.341. The van der Waals surface area contributed by atoms with Crippen molar-refractivity contribution in [3.05, 3.63) is 153 Å². The third-order valence-electron chi connectivity index (χ3n) is 8.45. The Morgan fingerprint density at radius 3 is 1.94 bits per heavy atom. The van der Waals surface area contributed by atoms with Crippen LogP contribution in [0.25, 0.3) is 22.3 Å². The van der Waals surface area contributed by atoms with Gasteiger partial charge in [0, 0.05) is 0 Å². The van der Waals surface area contributed by atoms with Crippen LogP contribution in [0.3, 0.4) is 0 Å². The fraction of sp³-hybridized carbons (Fsp3) is 0.167. The maximum Gasteiger partial charge on any atom is 0.0713 e. The van der Waals surface area contributed by atoms with E-state index in [1.165, 1.54) is 72.3 Å². The summed E-state index contributed by atoms with van der Waals surface area (Å²) in [7, 11) is 0. The first-order chi connectivity index (χ1) is 17.6. The van der Waals surface area contributed by atoms with Gasteiger partial charge in [-0.15, -0.1) is 0 Å². The Morgan fingerprint density at radius 1 is 0.556 bits per heavy atom. The maximum atomic E-state index is 2.53. The maximum absolute atomic E-state index is 2.53. The molecule has 5 aromatic carbocycles. The van der Waals surface area contributed by atoms with E-state index in [-0.39, 0.29) is 5.41 Å². The molecule has 2 aliphatic carbocycles. The van der Waals surface area contributed by atoms with Crippen LogP contribution in [0, 0.1) is 13.8 Å². The Labute approximate surface area is 214 Å². The third-order valence-corrected chi connectivity index (χ3v) is 8.45.